The maximum atomic E-state index is 8.90. The molecule has 0 aromatic carbocycles. The largest absolute Gasteiger partial charge is 0.396 e. The van der Waals surface area contributed by atoms with Crippen molar-refractivity contribution in [3.63, 3.8) is 0 Å². The van der Waals surface area contributed by atoms with Crippen molar-refractivity contribution >= 4 is 0 Å². The van der Waals surface area contributed by atoms with Crippen LogP contribution in [0.3, 0.4) is 0 Å². The van der Waals surface area contributed by atoms with Crippen LogP contribution in [0.15, 0.2) is 12.2 Å². The Labute approximate surface area is 192 Å². The number of nitrogens with two attached hydrogens (primary N) is 1. The molecule has 0 radical (unpaired) electrons. The van der Waals surface area contributed by atoms with E-state index in [0.717, 1.165) is 25.7 Å². The molecule has 0 heterocycles. The molecule has 31 heavy (non-hydrogen) atoms. The van der Waals surface area contributed by atoms with Gasteiger partial charge >= 0.3 is 0 Å². The van der Waals surface area contributed by atoms with E-state index in [1.165, 1.54) is 70.6 Å². The number of aliphatic hydroxyl groups is 2. The van der Waals surface area contributed by atoms with Gasteiger partial charge < -0.3 is 19.7 Å². The van der Waals surface area contributed by atoms with Crippen molar-refractivity contribution in [1.29, 1.82) is 0 Å². The van der Waals surface area contributed by atoms with Crippen molar-refractivity contribution in [2.75, 3.05) is 26.4 Å². The standard InChI is InChI=1S/C26H53NO4/c1-2-3-4-5-6-7-8-9-10-11-12-13-14-15-16-21-26(27,30-24-19-17-22-28)31-25-20-18-23-29/h9-10,28-29H,2-8,11-25,27H2,1H3/b10-9-. The second-order valence-electron chi connectivity index (χ2n) is 8.70. The Bertz CT molecular complexity index is 364. The van der Waals surface area contributed by atoms with E-state index in [1.807, 2.05) is 0 Å². The van der Waals surface area contributed by atoms with Crippen molar-refractivity contribution in [2.45, 2.75) is 128 Å². The van der Waals surface area contributed by atoms with E-state index in [-0.39, 0.29) is 13.2 Å². The predicted molar refractivity (Wildman–Crippen MR) is 131 cm³/mol. The summed E-state index contributed by atoms with van der Waals surface area (Å²) in [6.45, 7) is 3.62. The molecule has 0 spiro atoms. The molecule has 0 saturated heterocycles. The molecule has 0 aromatic heterocycles. The molecule has 186 valence electrons. The summed E-state index contributed by atoms with van der Waals surface area (Å²) in [6.07, 6.45) is 24.9. The third-order valence-electron chi connectivity index (χ3n) is 5.58. The molecule has 5 nitrogen and oxygen atoms in total. The van der Waals surface area contributed by atoms with Gasteiger partial charge in [0.25, 0.3) is 0 Å². The van der Waals surface area contributed by atoms with E-state index in [0.29, 0.717) is 32.5 Å². The number of allylic oxidation sites excluding steroid dienone is 2. The zero-order chi connectivity index (χ0) is 22.9. The lowest BCUT2D eigenvalue weighted by molar-refractivity contribution is -0.239. The van der Waals surface area contributed by atoms with Gasteiger partial charge in [-0.3, -0.25) is 5.73 Å². The van der Waals surface area contributed by atoms with E-state index < -0.39 is 5.91 Å². The molecule has 0 rings (SSSR count). The van der Waals surface area contributed by atoms with E-state index in [9.17, 15) is 0 Å². The Morgan fingerprint density at radius 3 is 1.55 bits per heavy atom. The minimum atomic E-state index is -1.04. The molecular weight excluding hydrogens is 390 g/mol. The van der Waals surface area contributed by atoms with Gasteiger partial charge in [-0.15, -0.1) is 0 Å². The van der Waals surface area contributed by atoms with Gasteiger partial charge in [-0.25, -0.2) is 0 Å². The fraction of sp³-hybridized carbons (Fsp3) is 0.923. The molecule has 5 heteroatoms. The smallest absolute Gasteiger partial charge is 0.224 e. The summed E-state index contributed by atoms with van der Waals surface area (Å²) >= 11 is 0. The molecule has 0 saturated carbocycles. The van der Waals surface area contributed by atoms with Crippen molar-refractivity contribution in [2.24, 2.45) is 5.73 Å². The van der Waals surface area contributed by atoms with Crippen LogP contribution in [-0.4, -0.2) is 42.6 Å². The fourth-order valence-corrected chi connectivity index (χ4v) is 3.55. The summed E-state index contributed by atoms with van der Waals surface area (Å²) in [5.74, 6) is -1.04. The maximum absolute atomic E-state index is 8.90. The van der Waals surface area contributed by atoms with E-state index >= 15 is 0 Å². The highest BCUT2D eigenvalue weighted by Gasteiger charge is 2.26. The Hall–Kier alpha value is -0.460. The third-order valence-corrected chi connectivity index (χ3v) is 5.58. The van der Waals surface area contributed by atoms with Crippen molar-refractivity contribution in [3.8, 4) is 0 Å². The van der Waals surface area contributed by atoms with Crippen LogP contribution in [-0.2, 0) is 9.47 Å². The molecule has 0 aliphatic rings. The predicted octanol–water partition coefficient (Wildman–Crippen LogP) is 6.21. The van der Waals surface area contributed by atoms with Crippen LogP contribution in [0.4, 0.5) is 0 Å². The highest BCUT2D eigenvalue weighted by atomic mass is 16.7. The molecule has 0 unspecified atom stereocenters. The van der Waals surface area contributed by atoms with E-state index in [1.54, 1.807) is 0 Å². The summed E-state index contributed by atoms with van der Waals surface area (Å²) in [7, 11) is 0. The zero-order valence-corrected chi connectivity index (χ0v) is 20.5. The lowest BCUT2D eigenvalue weighted by Gasteiger charge is -2.30. The van der Waals surface area contributed by atoms with Crippen LogP contribution in [0.25, 0.3) is 0 Å². The first-order valence-electron chi connectivity index (χ1n) is 13.1. The monoisotopic (exact) mass is 443 g/mol. The van der Waals surface area contributed by atoms with Gasteiger partial charge in [0.2, 0.25) is 5.91 Å². The first-order chi connectivity index (χ1) is 15.2. The highest BCUT2D eigenvalue weighted by molar-refractivity contribution is 4.81. The Morgan fingerprint density at radius 2 is 1.06 bits per heavy atom. The number of hydrogen-bond acceptors (Lipinski definition) is 5. The minimum Gasteiger partial charge on any atom is -0.396 e. The summed E-state index contributed by atoms with van der Waals surface area (Å²) in [5, 5.41) is 17.8. The van der Waals surface area contributed by atoms with Crippen LogP contribution in [0.2, 0.25) is 0 Å². The highest BCUT2D eigenvalue weighted by Crippen LogP contribution is 2.18. The zero-order valence-electron chi connectivity index (χ0n) is 20.5. The lowest BCUT2D eigenvalue weighted by Crippen LogP contribution is -2.46. The molecule has 0 atom stereocenters. The van der Waals surface area contributed by atoms with Crippen LogP contribution < -0.4 is 5.73 Å². The van der Waals surface area contributed by atoms with Gasteiger partial charge in [-0.05, 0) is 57.8 Å². The average Bonchev–Trinajstić information content (AvgIpc) is 2.77. The van der Waals surface area contributed by atoms with Gasteiger partial charge in [-0.2, -0.15) is 0 Å². The van der Waals surface area contributed by atoms with Crippen molar-refractivity contribution in [3.05, 3.63) is 12.2 Å². The molecule has 0 aliphatic carbocycles. The number of rotatable bonds is 25. The van der Waals surface area contributed by atoms with Gasteiger partial charge in [0.1, 0.15) is 0 Å². The van der Waals surface area contributed by atoms with Gasteiger partial charge in [0, 0.05) is 19.6 Å². The number of aliphatic hydroxyl groups excluding tert-OH is 2. The molecule has 0 amide bonds. The number of hydrogen-bond donors (Lipinski definition) is 3. The van der Waals surface area contributed by atoms with E-state index in [4.69, 9.17) is 25.4 Å². The molecule has 0 aromatic rings. The topological polar surface area (TPSA) is 84.9 Å². The molecule has 0 fully saturated rings. The summed E-state index contributed by atoms with van der Waals surface area (Å²) in [6, 6.07) is 0. The van der Waals surface area contributed by atoms with Gasteiger partial charge in [0.15, 0.2) is 0 Å². The van der Waals surface area contributed by atoms with Gasteiger partial charge in [0.05, 0.1) is 13.2 Å². The van der Waals surface area contributed by atoms with Crippen molar-refractivity contribution in [1.82, 2.24) is 0 Å². The summed E-state index contributed by atoms with van der Waals surface area (Å²) < 4.78 is 11.6. The normalized spacial score (nSPS) is 12.3. The van der Waals surface area contributed by atoms with Crippen molar-refractivity contribution < 1.29 is 19.7 Å². The first kappa shape index (κ1) is 30.5. The average molecular weight is 444 g/mol. The maximum Gasteiger partial charge on any atom is 0.224 e. The summed E-state index contributed by atoms with van der Waals surface area (Å²) in [4.78, 5) is 0. The number of ether oxygens (including phenoxy) is 2. The minimum absolute atomic E-state index is 0.173. The second-order valence-corrected chi connectivity index (χ2v) is 8.70. The summed E-state index contributed by atoms with van der Waals surface area (Å²) in [5.41, 5.74) is 6.34. The Morgan fingerprint density at radius 1 is 0.613 bits per heavy atom. The lowest BCUT2D eigenvalue weighted by atomic mass is 10.1. The SMILES string of the molecule is CCCCCCCC/C=C\CCCCCCCC(N)(OCCCCO)OCCCCO. The first-order valence-corrected chi connectivity index (χ1v) is 13.1. The Balaban J connectivity index is 3.74. The van der Waals surface area contributed by atoms with E-state index in [2.05, 4.69) is 19.1 Å². The second kappa shape index (κ2) is 24.2. The van der Waals surface area contributed by atoms with Crippen LogP contribution in [0.5, 0.6) is 0 Å². The fourth-order valence-electron chi connectivity index (χ4n) is 3.55. The van der Waals surface area contributed by atoms with Crippen LogP contribution in [0, 0.1) is 0 Å². The molecule has 0 bridgehead atoms. The van der Waals surface area contributed by atoms with Crippen LogP contribution >= 0.6 is 0 Å². The Kier molecular flexibility index (Phi) is 23.8. The molecular formula is C26H53NO4. The molecule has 4 N–H and O–H groups in total. The van der Waals surface area contributed by atoms with Crippen LogP contribution in [0.1, 0.15) is 122 Å². The third kappa shape index (κ3) is 22.5. The number of unbranched alkanes of at least 4 members (excludes halogenated alkanes) is 13. The van der Waals surface area contributed by atoms with Gasteiger partial charge in [-0.1, -0.05) is 70.4 Å². The quantitative estimate of drug-likeness (QED) is 0.0886. The molecule has 0 aliphatic heterocycles.